The predicted octanol–water partition coefficient (Wildman–Crippen LogP) is 0.788. The van der Waals surface area contributed by atoms with Crippen LogP contribution in [0.5, 0.6) is 0 Å². The molecule has 2 bridgehead atoms. The lowest BCUT2D eigenvalue weighted by Crippen LogP contribution is -2.50. The van der Waals surface area contributed by atoms with E-state index in [2.05, 4.69) is 25.2 Å². The SMILES string of the molecule is CC1(C)[C@H]2CC=C(COC[C@H](O)CN3CCNC(=O)C3)[C@H]1C2. The Morgan fingerprint density at radius 2 is 2.36 bits per heavy atom. The van der Waals surface area contributed by atoms with Gasteiger partial charge in [-0.05, 0) is 35.7 Å². The summed E-state index contributed by atoms with van der Waals surface area (Å²) in [4.78, 5) is 13.3. The lowest BCUT2D eigenvalue weighted by Gasteiger charge is -2.56. The van der Waals surface area contributed by atoms with Crippen LogP contribution in [0.4, 0.5) is 0 Å². The highest BCUT2D eigenvalue weighted by Crippen LogP contribution is 2.59. The molecule has 0 aromatic carbocycles. The Morgan fingerprint density at radius 1 is 1.55 bits per heavy atom. The molecule has 0 aromatic rings. The standard InChI is InChI=1S/C17H28N2O3/c1-17(2)13-4-3-12(15(17)7-13)10-22-11-14(20)8-19-6-5-18-16(21)9-19/h3,13-15,20H,4-11H2,1-2H3,(H,18,21)/t13-,14+,15+/m0/s1. The lowest BCUT2D eigenvalue weighted by molar-refractivity contribution is -0.124. The number of rotatable bonds is 6. The highest BCUT2D eigenvalue weighted by atomic mass is 16.5. The van der Waals surface area contributed by atoms with Crippen molar-refractivity contribution in [1.29, 1.82) is 0 Å². The van der Waals surface area contributed by atoms with Crippen LogP contribution in [-0.4, -0.2) is 61.4 Å². The van der Waals surface area contributed by atoms with Gasteiger partial charge in [0.25, 0.3) is 0 Å². The molecule has 0 aromatic heterocycles. The second-order valence-corrected chi connectivity index (χ2v) is 7.58. The molecule has 2 fully saturated rings. The van der Waals surface area contributed by atoms with Gasteiger partial charge in [-0.2, -0.15) is 0 Å². The summed E-state index contributed by atoms with van der Waals surface area (Å²) in [5, 5.41) is 12.9. The molecular formula is C17H28N2O3. The number of aliphatic hydroxyl groups excluding tert-OH is 1. The van der Waals surface area contributed by atoms with Gasteiger partial charge in [0, 0.05) is 19.6 Å². The Morgan fingerprint density at radius 3 is 3.05 bits per heavy atom. The third-order valence-corrected chi connectivity index (χ3v) is 5.75. The molecule has 0 unspecified atom stereocenters. The number of nitrogens with zero attached hydrogens (tertiary/aromatic N) is 1. The molecule has 1 aliphatic heterocycles. The van der Waals surface area contributed by atoms with Crippen LogP contribution in [0, 0.1) is 17.3 Å². The molecule has 5 heteroatoms. The number of hydrogen-bond donors (Lipinski definition) is 2. The monoisotopic (exact) mass is 308 g/mol. The highest BCUT2D eigenvalue weighted by molar-refractivity contribution is 5.78. The first-order valence-electron chi connectivity index (χ1n) is 8.40. The zero-order valence-electron chi connectivity index (χ0n) is 13.7. The molecule has 3 atom stereocenters. The molecule has 3 aliphatic carbocycles. The number of fused-ring (bicyclic) bond motifs is 1. The van der Waals surface area contributed by atoms with Crippen LogP contribution in [0.15, 0.2) is 11.6 Å². The van der Waals surface area contributed by atoms with Gasteiger partial charge in [0.15, 0.2) is 0 Å². The van der Waals surface area contributed by atoms with Gasteiger partial charge in [-0.25, -0.2) is 0 Å². The van der Waals surface area contributed by atoms with Crippen LogP contribution in [-0.2, 0) is 9.53 Å². The minimum absolute atomic E-state index is 0.0356. The third-order valence-electron chi connectivity index (χ3n) is 5.75. The number of carbonyl (C=O) groups is 1. The fourth-order valence-electron chi connectivity index (χ4n) is 4.15. The Labute approximate surface area is 132 Å². The molecule has 22 heavy (non-hydrogen) atoms. The van der Waals surface area contributed by atoms with E-state index in [1.54, 1.807) is 0 Å². The maximum atomic E-state index is 11.3. The average Bonchev–Trinajstić information content (AvgIpc) is 2.47. The van der Waals surface area contributed by atoms with Crippen molar-refractivity contribution >= 4 is 5.91 Å². The van der Waals surface area contributed by atoms with E-state index >= 15 is 0 Å². The summed E-state index contributed by atoms with van der Waals surface area (Å²) in [7, 11) is 0. The van der Waals surface area contributed by atoms with Crippen molar-refractivity contribution in [2.24, 2.45) is 17.3 Å². The molecule has 1 heterocycles. The number of nitrogens with one attached hydrogen (secondary N) is 1. The normalized spacial score (nSPS) is 32.0. The molecule has 124 valence electrons. The van der Waals surface area contributed by atoms with Crippen molar-refractivity contribution in [2.45, 2.75) is 32.8 Å². The average molecular weight is 308 g/mol. The molecular weight excluding hydrogens is 280 g/mol. The topological polar surface area (TPSA) is 61.8 Å². The Bertz CT molecular complexity index is 461. The van der Waals surface area contributed by atoms with Gasteiger partial charge in [0.05, 0.1) is 25.9 Å². The number of hydrogen-bond acceptors (Lipinski definition) is 4. The van der Waals surface area contributed by atoms with E-state index in [1.807, 2.05) is 4.90 Å². The maximum absolute atomic E-state index is 11.3. The van der Waals surface area contributed by atoms with E-state index in [4.69, 9.17) is 4.74 Å². The van der Waals surface area contributed by atoms with Crippen molar-refractivity contribution in [3.8, 4) is 0 Å². The van der Waals surface area contributed by atoms with Gasteiger partial charge in [0.2, 0.25) is 5.91 Å². The van der Waals surface area contributed by atoms with E-state index in [0.29, 0.717) is 44.2 Å². The third kappa shape index (κ3) is 3.21. The van der Waals surface area contributed by atoms with Crippen LogP contribution in [0.3, 0.4) is 0 Å². The number of ether oxygens (including phenoxy) is 1. The van der Waals surface area contributed by atoms with Crippen LogP contribution in [0.1, 0.15) is 26.7 Å². The first kappa shape index (κ1) is 16.0. The molecule has 1 amide bonds. The second kappa shape index (κ2) is 6.30. The minimum atomic E-state index is -0.530. The molecule has 0 radical (unpaired) electrons. The van der Waals surface area contributed by atoms with E-state index in [-0.39, 0.29) is 5.91 Å². The van der Waals surface area contributed by atoms with Gasteiger partial charge in [0.1, 0.15) is 0 Å². The van der Waals surface area contributed by atoms with Crippen LogP contribution >= 0.6 is 0 Å². The van der Waals surface area contributed by atoms with Crippen LogP contribution in [0.25, 0.3) is 0 Å². The van der Waals surface area contributed by atoms with Crippen molar-refractivity contribution in [3.63, 3.8) is 0 Å². The number of amides is 1. The molecule has 4 aliphatic rings. The number of allylic oxidation sites excluding steroid dienone is 1. The summed E-state index contributed by atoms with van der Waals surface area (Å²) in [5.41, 5.74) is 1.84. The quantitative estimate of drug-likeness (QED) is 0.712. The first-order valence-corrected chi connectivity index (χ1v) is 8.40. The molecule has 0 spiro atoms. The largest absolute Gasteiger partial charge is 0.389 e. The lowest BCUT2D eigenvalue weighted by atomic mass is 9.49. The summed E-state index contributed by atoms with van der Waals surface area (Å²) in [5.74, 6) is 1.54. The molecule has 2 N–H and O–H groups in total. The van der Waals surface area contributed by atoms with Gasteiger partial charge in [-0.1, -0.05) is 19.9 Å². The molecule has 1 saturated heterocycles. The van der Waals surface area contributed by atoms with Gasteiger partial charge in [-0.15, -0.1) is 0 Å². The summed E-state index contributed by atoms with van der Waals surface area (Å²) in [6.07, 6.45) is 4.28. The Balaban J connectivity index is 1.38. The molecule has 4 rings (SSSR count). The summed E-state index contributed by atoms with van der Waals surface area (Å²) < 4.78 is 5.75. The van der Waals surface area contributed by atoms with E-state index in [1.165, 1.54) is 18.4 Å². The van der Waals surface area contributed by atoms with Crippen LogP contribution < -0.4 is 5.32 Å². The number of carbonyl (C=O) groups excluding carboxylic acids is 1. The fourth-order valence-corrected chi connectivity index (χ4v) is 4.15. The molecule has 5 nitrogen and oxygen atoms in total. The van der Waals surface area contributed by atoms with Gasteiger partial charge >= 0.3 is 0 Å². The highest BCUT2D eigenvalue weighted by Gasteiger charge is 2.50. The van der Waals surface area contributed by atoms with Crippen molar-refractivity contribution in [3.05, 3.63) is 11.6 Å². The van der Waals surface area contributed by atoms with E-state index in [0.717, 1.165) is 12.5 Å². The predicted molar refractivity (Wildman–Crippen MR) is 84.4 cm³/mol. The fraction of sp³-hybridized carbons (Fsp3) is 0.824. The zero-order valence-corrected chi connectivity index (χ0v) is 13.7. The Hall–Kier alpha value is -0.910. The number of aliphatic hydroxyl groups is 1. The van der Waals surface area contributed by atoms with Crippen molar-refractivity contribution in [1.82, 2.24) is 10.2 Å². The van der Waals surface area contributed by atoms with E-state index < -0.39 is 6.10 Å². The number of piperazine rings is 1. The Kier molecular flexibility index (Phi) is 4.57. The number of β-amino-alcohol motifs (C(OH)–C–C–N with tert-alkyl or cyclic N) is 1. The zero-order chi connectivity index (χ0) is 15.7. The minimum Gasteiger partial charge on any atom is -0.389 e. The summed E-state index contributed by atoms with van der Waals surface area (Å²) in [6, 6.07) is 0. The van der Waals surface area contributed by atoms with Crippen molar-refractivity contribution in [2.75, 3.05) is 39.4 Å². The summed E-state index contributed by atoms with van der Waals surface area (Å²) >= 11 is 0. The van der Waals surface area contributed by atoms with Gasteiger partial charge < -0.3 is 15.2 Å². The smallest absolute Gasteiger partial charge is 0.234 e. The van der Waals surface area contributed by atoms with Crippen LogP contribution in [0.2, 0.25) is 0 Å². The summed E-state index contributed by atoms with van der Waals surface area (Å²) in [6.45, 7) is 8.03. The van der Waals surface area contributed by atoms with E-state index in [9.17, 15) is 9.90 Å². The second-order valence-electron chi connectivity index (χ2n) is 7.58. The maximum Gasteiger partial charge on any atom is 0.234 e. The first-order chi connectivity index (χ1) is 10.5. The van der Waals surface area contributed by atoms with Gasteiger partial charge in [-0.3, -0.25) is 9.69 Å². The van der Waals surface area contributed by atoms with Crippen molar-refractivity contribution < 1.29 is 14.6 Å². The molecule has 1 saturated carbocycles.